The minimum atomic E-state index is -0.619. The maximum Gasteiger partial charge on any atom is 0.160 e. The Bertz CT molecular complexity index is 2380. The van der Waals surface area contributed by atoms with E-state index >= 15 is 0 Å². The van der Waals surface area contributed by atoms with Crippen LogP contribution in [0.1, 0.15) is 22.3 Å². The summed E-state index contributed by atoms with van der Waals surface area (Å²) in [4.78, 5) is 10.5. The quantitative estimate of drug-likeness (QED) is 0.193. The van der Waals surface area contributed by atoms with Gasteiger partial charge in [-0.15, -0.1) is 0 Å². The molecule has 48 heavy (non-hydrogen) atoms. The Kier molecular flexibility index (Phi) is 6.69. The van der Waals surface area contributed by atoms with Crippen molar-refractivity contribution >= 4 is 10.9 Å². The third-order valence-corrected chi connectivity index (χ3v) is 9.41. The molecule has 0 aliphatic carbocycles. The van der Waals surface area contributed by atoms with Crippen LogP contribution in [-0.2, 0) is 5.41 Å². The molecule has 0 bridgehead atoms. The maximum atomic E-state index is 6.64. The smallest absolute Gasteiger partial charge is 0.160 e. The van der Waals surface area contributed by atoms with E-state index in [1.807, 2.05) is 18.2 Å². The predicted octanol–water partition coefficient (Wildman–Crippen LogP) is 11.1. The molecule has 0 radical (unpaired) electrons. The molecular weight excluding hydrogens is 585 g/mol. The van der Waals surface area contributed by atoms with Gasteiger partial charge in [-0.1, -0.05) is 146 Å². The monoisotopic (exact) mass is 614 g/mol. The van der Waals surface area contributed by atoms with Gasteiger partial charge in [-0.25, -0.2) is 9.97 Å². The number of aromatic nitrogens is 2. The molecule has 9 rings (SSSR count). The lowest BCUT2D eigenvalue weighted by Gasteiger charge is -2.41. The molecule has 1 aliphatic heterocycles. The molecule has 0 unspecified atom stereocenters. The number of benzene rings is 7. The van der Waals surface area contributed by atoms with Crippen LogP contribution in [0.5, 0.6) is 11.5 Å². The van der Waals surface area contributed by atoms with E-state index in [0.29, 0.717) is 5.82 Å². The topological polar surface area (TPSA) is 35.0 Å². The summed E-state index contributed by atoms with van der Waals surface area (Å²) in [7, 11) is 0. The summed E-state index contributed by atoms with van der Waals surface area (Å²) in [6.07, 6.45) is 0. The van der Waals surface area contributed by atoms with Crippen LogP contribution in [0.4, 0.5) is 0 Å². The lowest BCUT2D eigenvalue weighted by atomic mass is 9.63. The van der Waals surface area contributed by atoms with Gasteiger partial charge < -0.3 is 4.74 Å². The van der Waals surface area contributed by atoms with Crippen molar-refractivity contribution in [3.63, 3.8) is 0 Å². The normalized spacial score (nSPS) is 12.9. The molecule has 3 nitrogen and oxygen atoms in total. The van der Waals surface area contributed by atoms with Crippen LogP contribution < -0.4 is 4.74 Å². The summed E-state index contributed by atoms with van der Waals surface area (Å²) in [5, 5.41) is 1.02. The van der Waals surface area contributed by atoms with Gasteiger partial charge in [-0.3, -0.25) is 0 Å². The second kappa shape index (κ2) is 11.5. The first-order valence-corrected chi connectivity index (χ1v) is 16.2. The predicted molar refractivity (Wildman–Crippen MR) is 194 cm³/mol. The van der Waals surface area contributed by atoms with Crippen LogP contribution in [0.2, 0.25) is 0 Å². The van der Waals surface area contributed by atoms with Crippen LogP contribution in [0.15, 0.2) is 182 Å². The number of hydrogen-bond acceptors (Lipinski definition) is 3. The Morgan fingerprint density at radius 3 is 1.77 bits per heavy atom. The summed E-state index contributed by atoms with van der Waals surface area (Å²) >= 11 is 0. The van der Waals surface area contributed by atoms with E-state index in [1.165, 1.54) is 16.7 Å². The molecule has 2 heterocycles. The van der Waals surface area contributed by atoms with Crippen LogP contribution in [0.3, 0.4) is 0 Å². The zero-order valence-electron chi connectivity index (χ0n) is 26.1. The minimum absolute atomic E-state index is 0.619. The van der Waals surface area contributed by atoms with Gasteiger partial charge in [0.25, 0.3) is 0 Å². The van der Waals surface area contributed by atoms with Crippen LogP contribution >= 0.6 is 0 Å². The number of fused-ring (bicyclic) bond motifs is 3. The van der Waals surface area contributed by atoms with Gasteiger partial charge in [0.1, 0.15) is 11.5 Å². The Labute approximate surface area is 279 Å². The zero-order valence-corrected chi connectivity index (χ0v) is 26.1. The van der Waals surface area contributed by atoms with Crippen LogP contribution in [-0.4, -0.2) is 9.97 Å². The molecular formula is C45H30N2O. The zero-order chi connectivity index (χ0) is 31.9. The van der Waals surface area contributed by atoms with Crippen molar-refractivity contribution < 1.29 is 4.74 Å². The molecule has 0 spiro atoms. The second-order valence-corrected chi connectivity index (χ2v) is 12.2. The first-order chi connectivity index (χ1) is 23.8. The number of ether oxygens (including phenoxy) is 1. The van der Waals surface area contributed by atoms with Crippen LogP contribution in [0, 0.1) is 0 Å². The summed E-state index contributed by atoms with van der Waals surface area (Å²) < 4.78 is 6.64. The fraction of sp³-hybridized carbons (Fsp3) is 0.0222. The Balaban J connectivity index is 1.28. The van der Waals surface area contributed by atoms with E-state index < -0.39 is 5.41 Å². The van der Waals surface area contributed by atoms with Crippen molar-refractivity contribution in [1.82, 2.24) is 9.97 Å². The third-order valence-electron chi connectivity index (χ3n) is 9.41. The van der Waals surface area contributed by atoms with Gasteiger partial charge in [0, 0.05) is 27.6 Å². The maximum absolute atomic E-state index is 6.64. The number of para-hydroxylation sites is 2. The van der Waals surface area contributed by atoms with Gasteiger partial charge in [0.2, 0.25) is 0 Å². The van der Waals surface area contributed by atoms with Crippen molar-refractivity contribution in [1.29, 1.82) is 0 Å². The Hall–Kier alpha value is -6.32. The van der Waals surface area contributed by atoms with E-state index in [1.54, 1.807) is 0 Å². The van der Waals surface area contributed by atoms with Crippen molar-refractivity contribution in [3.05, 3.63) is 204 Å². The molecule has 1 aromatic heterocycles. The molecule has 0 N–H and O–H groups in total. The molecule has 0 saturated carbocycles. The van der Waals surface area contributed by atoms with E-state index in [4.69, 9.17) is 14.7 Å². The average Bonchev–Trinajstić information content (AvgIpc) is 3.17. The van der Waals surface area contributed by atoms with Crippen molar-refractivity contribution in [2.75, 3.05) is 0 Å². The highest BCUT2D eigenvalue weighted by Crippen LogP contribution is 2.55. The third kappa shape index (κ3) is 4.51. The fourth-order valence-electron chi connectivity index (χ4n) is 7.25. The molecule has 8 aromatic rings. The summed E-state index contributed by atoms with van der Waals surface area (Å²) in [6.45, 7) is 0. The lowest BCUT2D eigenvalue weighted by Crippen LogP contribution is -2.34. The summed E-state index contributed by atoms with van der Waals surface area (Å²) in [5.41, 5.74) is 9.99. The summed E-state index contributed by atoms with van der Waals surface area (Å²) in [6, 6.07) is 63.6. The molecule has 3 heteroatoms. The average molecular weight is 615 g/mol. The Morgan fingerprint density at radius 1 is 0.396 bits per heavy atom. The number of nitrogens with zero attached hydrogens (tertiary/aromatic N) is 2. The highest BCUT2D eigenvalue weighted by molar-refractivity contribution is 5.94. The molecule has 0 amide bonds. The van der Waals surface area contributed by atoms with Crippen LogP contribution in [0.25, 0.3) is 44.7 Å². The van der Waals surface area contributed by atoms with E-state index in [9.17, 15) is 0 Å². The molecule has 0 atom stereocenters. The number of hydrogen-bond donors (Lipinski definition) is 0. The van der Waals surface area contributed by atoms with Gasteiger partial charge in [0.05, 0.1) is 16.6 Å². The van der Waals surface area contributed by atoms with Crippen molar-refractivity contribution in [3.8, 4) is 45.3 Å². The summed E-state index contributed by atoms with van der Waals surface area (Å²) in [5.74, 6) is 2.35. The number of rotatable bonds is 5. The van der Waals surface area contributed by atoms with Gasteiger partial charge in [-0.2, -0.15) is 0 Å². The molecule has 1 aliphatic rings. The fourth-order valence-corrected chi connectivity index (χ4v) is 7.25. The minimum Gasteiger partial charge on any atom is -0.457 e. The first kappa shape index (κ1) is 27.9. The molecule has 0 saturated heterocycles. The largest absolute Gasteiger partial charge is 0.457 e. The second-order valence-electron chi connectivity index (χ2n) is 12.2. The standard InChI is InChI=1S/C45H30N2O/c1-4-15-31(16-5-1)32-17-14-18-33(29-32)43-37-23-10-12-25-40(37)46-44(47-43)34-27-28-42-39(30-34)45(35-19-6-2-7-20-35,36-21-8-3-9-22-36)38-24-11-13-26-41(38)48-42/h1-30H. The van der Waals surface area contributed by atoms with Crippen molar-refractivity contribution in [2.24, 2.45) is 0 Å². The van der Waals surface area contributed by atoms with E-state index in [2.05, 4.69) is 164 Å². The van der Waals surface area contributed by atoms with E-state index in [-0.39, 0.29) is 0 Å². The van der Waals surface area contributed by atoms with Gasteiger partial charge in [-0.05, 0) is 58.7 Å². The highest BCUT2D eigenvalue weighted by Gasteiger charge is 2.45. The Morgan fingerprint density at radius 2 is 1.00 bits per heavy atom. The molecule has 0 fully saturated rings. The molecule has 226 valence electrons. The van der Waals surface area contributed by atoms with E-state index in [0.717, 1.165) is 55.9 Å². The highest BCUT2D eigenvalue weighted by atomic mass is 16.5. The van der Waals surface area contributed by atoms with Gasteiger partial charge >= 0.3 is 0 Å². The first-order valence-electron chi connectivity index (χ1n) is 16.2. The SMILES string of the molecule is c1ccc(-c2cccc(-c3nc(-c4ccc5c(c4)C(c4ccccc4)(c4ccccc4)c4ccccc4O5)nc4ccccc34)c2)cc1. The van der Waals surface area contributed by atoms with Crippen molar-refractivity contribution in [2.45, 2.75) is 5.41 Å². The lowest BCUT2D eigenvalue weighted by molar-refractivity contribution is 0.434. The van der Waals surface area contributed by atoms with Gasteiger partial charge in [0.15, 0.2) is 5.82 Å². The molecule has 7 aromatic carbocycles.